The molecule has 1 fully saturated rings. The number of phenols is 1. The van der Waals surface area contributed by atoms with Crippen molar-refractivity contribution in [3.8, 4) is 22.6 Å². The van der Waals surface area contributed by atoms with Gasteiger partial charge < -0.3 is 9.84 Å². The largest absolute Gasteiger partial charge is 0.508 e. The highest BCUT2D eigenvalue weighted by Gasteiger charge is 2.21. The quantitative estimate of drug-likeness (QED) is 0.879. The van der Waals surface area contributed by atoms with Crippen LogP contribution in [0, 0.1) is 5.92 Å². The van der Waals surface area contributed by atoms with Gasteiger partial charge in [0.2, 0.25) is 0 Å². The zero-order valence-corrected chi connectivity index (χ0v) is 10.2. The van der Waals surface area contributed by atoms with E-state index < -0.39 is 0 Å². The molecule has 0 saturated heterocycles. The van der Waals surface area contributed by atoms with Crippen molar-refractivity contribution in [1.82, 2.24) is 0 Å². The second-order valence-corrected chi connectivity index (χ2v) is 4.83. The lowest BCUT2D eigenvalue weighted by atomic mass is 10.1. The van der Waals surface area contributed by atoms with E-state index in [1.54, 1.807) is 12.1 Å². The lowest BCUT2D eigenvalue weighted by molar-refractivity contribution is 0.300. The molecule has 0 aliphatic heterocycles. The molecule has 1 aliphatic rings. The number of phenolic OH excluding ortho intramolecular Hbond substituents is 1. The van der Waals surface area contributed by atoms with Gasteiger partial charge in [-0.05, 0) is 54.2 Å². The minimum atomic E-state index is 0.293. The Morgan fingerprint density at radius 3 is 2.44 bits per heavy atom. The van der Waals surface area contributed by atoms with Crippen LogP contribution >= 0.6 is 0 Å². The van der Waals surface area contributed by atoms with Crippen molar-refractivity contribution < 1.29 is 9.84 Å². The van der Waals surface area contributed by atoms with Gasteiger partial charge in [-0.1, -0.05) is 24.3 Å². The molecule has 2 aromatic carbocycles. The van der Waals surface area contributed by atoms with E-state index in [2.05, 4.69) is 0 Å². The Kier molecular flexibility index (Phi) is 2.93. The third-order valence-corrected chi connectivity index (χ3v) is 3.22. The van der Waals surface area contributed by atoms with E-state index in [1.165, 1.54) is 12.8 Å². The third kappa shape index (κ3) is 2.65. The smallest absolute Gasteiger partial charge is 0.119 e. The first-order valence-electron chi connectivity index (χ1n) is 6.33. The molecule has 1 aliphatic carbocycles. The van der Waals surface area contributed by atoms with E-state index in [9.17, 15) is 5.11 Å². The van der Waals surface area contributed by atoms with Crippen LogP contribution < -0.4 is 4.74 Å². The van der Waals surface area contributed by atoms with Crippen LogP contribution in [-0.2, 0) is 0 Å². The summed E-state index contributed by atoms with van der Waals surface area (Å²) in [5.74, 6) is 1.99. The van der Waals surface area contributed by atoms with Crippen molar-refractivity contribution in [3.63, 3.8) is 0 Å². The number of rotatable bonds is 4. The minimum absolute atomic E-state index is 0.293. The molecule has 3 rings (SSSR count). The summed E-state index contributed by atoms with van der Waals surface area (Å²) in [5, 5.41) is 9.46. The highest BCUT2D eigenvalue weighted by atomic mass is 16.5. The first-order valence-corrected chi connectivity index (χ1v) is 6.33. The molecule has 0 spiro atoms. The molecular weight excluding hydrogens is 224 g/mol. The Bertz CT molecular complexity index is 527. The van der Waals surface area contributed by atoms with Gasteiger partial charge in [-0.3, -0.25) is 0 Å². The zero-order valence-electron chi connectivity index (χ0n) is 10.2. The Balaban J connectivity index is 1.73. The lowest BCUT2D eigenvalue weighted by Gasteiger charge is -2.07. The zero-order chi connectivity index (χ0) is 12.4. The Morgan fingerprint density at radius 2 is 1.78 bits per heavy atom. The number of hydrogen-bond donors (Lipinski definition) is 1. The van der Waals surface area contributed by atoms with Gasteiger partial charge in [0.25, 0.3) is 0 Å². The van der Waals surface area contributed by atoms with E-state index in [0.29, 0.717) is 5.75 Å². The van der Waals surface area contributed by atoms with Crippen LogP contribution in [0.15, 0.2) is 48.5 Å². The second-order valence-electron chi connectivity index (χ2n) is 4.83. The van der Waals surface area contributed by atoms with Gasteiger partial charge in [-0.25, -0.2) is 0 Å². The Morgan fingerprint density at radius 1 is 1.00 bits per heavy atom. The Labute approximate surface area is 107 Å². The van der Waals surface area contributed by atoms with Crippen LogP contribution in [0.25, 0.3) is 11.1 Å². The van der Waals surface area contributed by atoms with E-state index in [0.717, 1.165) is 29.4 Å². The standard InChI is InChI=1S/C16H16O2/c17-15-3-1-2-14(10-15)13-6-8-16(9-7-13)18-11-12-4-5-12/h1-3,6-10,12,17H,4-5,11H2. The van der Waals surface area contributed by atoms with Crippen molar-refractivity contribution in [1.29, 1.82) is 0 Å². The van der Waals surface area contributed by atoms with E-state index in [-0.39, 0.29) is 0 Å². The van der Waals surface area contributed by atoms with Crippen LogP contribution in [0.1, 0.15) is 12.8 Å². The topological polar surface area (TPSA) is 29.5 Å². The van der Waals surface area contributed by atoms with Gasteiger partial charge in [-0.2, -0.15) is 0 Å². The second kappa shape index (κ2) is 4.73. The molecule has 0 radical (unpaired) electrons. The van der Waals surface area contributed by atoms with Crippen LogP contribution in [-0.4, -0.2) is 11.7 Å². The number of ether oxygens (including phenoxy) is 1. The van der Waals surface area contributed by atoms with Crippen molar-refractivity contribution in [2.45, 2.75) is 12.8 Å². The first kappa shape index (κ1) is 11.1. The molecule has 1 N–H and O–H groups in total. The van der Waals surface area contributed by atoms with E-state index in [1.807, 2.05) is 36.4 Å². The third-order valence-electron chi connectivity index (χ3n) is 3.22. The summed E-state index contributed by atoms with van der Waals surface area (Å²) in [6.45, 7) is 0.839. The van der Waals surface area contributed by atoms with E-state index in [4.69, 9.17) is 4.74 Å². The maximum absolute atomic E-state index is 9.46. The molecule has 2 heteroatoms. The molecule has 2 aromatic rings. The molecule has 0 amide bonds. The van der Waals surface area contributed by atoms with Gasteiger partial charge >= 0.3 is 0 Å². The molecule has 0 heterocycles. The van der Waals surface area contributed by atoms with Crippen LogP contribution in [0.3, 0.4) is 0 Å². The van der Waals surface area contributed by atoms with Gasteiger partial charge in [0, 0.05) is 0 Å². The summed E-state index contributed by atoms with van der Waals surface area (Å²) < 4.78 is 5.70. The minimum Gasteiger partial charge on any atom is -0.508 e. The molecule has 2 nitrogen and oxygen atoms in total. The van der Waals surface area contributed by atoms with Gasteiger partial charge in [0.05, 0.1) is 6.61 Å². The number of benzene rings is 2. The van der Waals surface area contributed by atoms with Crippen molar-refractivity contribution in [3.05, 3.63) is 48.5 Å². The van der Waals surface area contributed by atoms with Crippen LogP contribution in [0.4, 0.5) is 0 Å². The summed E-state index contributed by atoms with van der Waals surface area (Å²) in [7, 11) is 0. The van der Waals surface area contributed by atoms with Gasteiger partial charge in [-0.15, -0.1) is 0 Å². The predicted molar refractivity (Wildman–Crippen MR) is 71.8 cm³/mol. The van der Waals surface area contributed by atoms with Crippen molar-refractivity contribution in [2.24, 2.45) is 5.92 Å². The predicted octanol–water partition coefficient (Wildman–Crippen LogP) is 3.85. The molecule has 0 aromatic heterocycles. The Hall–Kier alpha value is -1.96. The van der Waals surface area contributed by atoms with Gasteiger partial charge in [0.1, 0.15) is 11.5 Å². The molecule has 18 heavy (non-hydrogen) atoms. The summed E-state index contributed by atoms with van der Waals surface area (Å²) in [6.07, 6.45) is 2.61. The normalized spacial score (nSPS) is 14.4. The summed E-state index contributed by atoms with van der Waals surface area (Å²) in [4.78, 5) is 0. The average Bonchev–Trinajstić information content (AvgIpc) is 3.21. The molecular formula is C16H16O2. The maximum atomic E-state index is 9.46. The van der Waals surface area contributed by atoms with Crippen molar-refractivity contribution >= 4 is 0 Å². The molecule has 1 saturated carbocycles. The molecule has 0 bridgehead atoms. The molecule has 92 valence electrons. The maximum Gasteiger partial charge on any atom is 0.119 e. The summed E-state index contributed by atoms with van der Waals surface area (Å²) in [6, 6.07) is 15.3. The van der Waals surface area contributed by atoms with Gasteiger partial charge in [0.15, 0.2) is 0 Å². The summed E-state index contributed by atoms with van der Waals surface area (Å²) >= 11 is 0. The average molecular weight is 240 g/mol. The highest BCUT2D eigenvalue weighted by molar-refractivity contribution is 5.65. The van der Waals surface area contributed by atoms with E-state index >= 15 is 0 Å². The van der Waals surface area contributed by atoms with Crippen LogP contribution in [0.2, 0.25) is 0 Å². The fraction of sp³-hybridized carbons (Fsp3) is 0.250. The number of hydrogen-bond acceptors (Lipinski definition) is 2. The first-order chi connectivity index (χ1) is 8.81. The van der Waals surface area contributed by atoms with Crippen LogP contribution in [0.5, 0.6) is 11.5 Å². The highest BCUT2D eigenvalue weighted by Crippen LogP contribution is 2.30. The monoisotopic (exact) mass is 240 g/mol. The fourth-order valence-corrected chi connectivity index (χ4v) is 1.93. The molecule has 0 unspecified atom stereocenters. The molecule has 0 atom stereocenters. The summed E-state index contributed by atoms with van der Waals surface area (Å²) in [5.41, 5.74) is 2.11. The van der Waals surface area contributed by atoms with Crippen molar-refractivity contribution in [2.75, 3.05) is 6.61 Å². The number of aromatic hydroxyl groups is 1. The SMILES string of the molecule is Oc1cccc(-c2ccc(OCC3CC3)cc2)c1. The lowest BCUT2D eigenvalue weighted by Crippen LogP contribution is -1.98. The fourth-order valence-electron chi connectivity index (χ4n) is 1.93.